The third-order valence-electron chi connectivity index (χ3n) is 4.37. The molecular weight excluding hydrogens is 358 g/mol. The average Bonchev–Trinajstić information content (AvgIpc) is 2.61. The number of carbonyl (C=O) groups excluding carboxylic acids is 1. The molecule has 0 radical (unpaired) electrons. The van der Waals surface area contributed by atoms with E-state index in [-0.39, 0.29) is 0 Å². The van der Waals surface area contributed by atoms with Crippen molar-refractivity contribution in [3.8, 4) is 0 Å². The van der Waals surface area contributed by atoms with Crippen LogP contribution in [0.5, 0.6) is 0 Å². The molecule has 0 saturated carbocycles. The van der Waals surface area contributed by atoms with Crippen molar-refractivity contribution in [2.45, 2.75) is 68.3 Å². The van der Waals surface area contributed by atoms with Crippen LogP contribution in [0.4, 0.5) is 0 Å². The number of carbonyl (C=O) groups is 1. The SMILES string of the molecule is CC(=O)N[C@H]1[C@H](O[C@H]2O[C@H](CO)[C@@H](O)[C@H](O)[C@@H]2O)O[C@H](CO)[C@@H](O)[C@@H]1O. The maximum atomic E-state index is 11.4. The molecule has 12 nitrogen and oxygen atoms in total. The molecule has 1 amide bonds. The summed E-state index contributed by atoms with van der Waals surface area (Å²) >= 11 is 0. The van der Waals surface area contributed by atoms with E-state index in [2.05, 4.69) is 5.32 Å². The van der Waals surface area contributed by atoms with Crippen molar-refractivity contribution < 1.29 is 54.8 Å². The summed E-state index contributed by atoms with van der Waals surface area (Å²) in [6, 6.07) is -1.28. The van der Waals surface area contributed by atoms with Gasteiger partial charge in [-0.3, -0.25) is 4.79 Å². The van der Waals surface area contributed by atoms with Crippen LogP contribution < -0.4 is 5.32 Å². The van der Waals surface area contributed by atoms with E-state index in [1.807, 2.05) is 0 Å². The van der Waals surface area contributed by atoms with Gasteiger partial charge in [0, 0.05) is 6.92 Å². The molecule has 2 saturated heterocycles. The monoisotopic (exact) mass is 383 g/mol. The van der Waals surface area contributed by atoms with Gasteiger partial charge in [-0.05, 0) is 0 Å². The topological polar surface area (TPSA) is 198 Å². The van der Waals surface area contributed by atoms with Crippen molar-refractivity contribution in [3.05, 3.63) is 0 Å². The van der Waals surface area contributed by atoms with Crippen LogP contribution in [0.15, 0.2) is 0 Å². The van der Waals surface area contributed by atoms with Crippen molar-refractivity contribution in [2.75, 3.05) is 13.2 Å². The van der Waals surface area contributed by atoms with E-state index in [1.54, 1.807) is 0 Å². The van der Waals surface area contributed by atoms with Gasteiger partial charge >= 0.3 is 0 Å². The molecule has 0 aliphatic carbocycles. The van der Waals surface area contributed by atoms with Crippen LogP contribution in [0.25, 0.3) is 0 Å². The van der Waals surface area contributed by atoms with E-state index in [0.717, 1.165) is 6.92 Å². The number of hydrogen-bond donors (Lipinski definition) is 8. The lowest BCUT2D eigenvalue weighted by Gasteiger charge is -2.45. The molecule has 2 aliphatic heterocycles. The minimum Gasteiger partial charge on any atom is -0.394 e. The smallest absolute Gasteiger partial charge is 0.217 e. The molecular formula is C14H25NO11. The highest BCUT2D eigenvalue weighted by Gasteiger charge is 2.50. The summed E-state index contributed by atoms with van der Waals surface area (Å²) in [5.41, 5.74) is 0. The molecule has 0 unspecified atom stereocenters. The van der Waals surface area contributed by atoms with E-state index in [1.165, 1.54) is 0 Å². The molecule has 26 heavy (non-hydrogen) atoms. The summed E-state index contributed by atoms with van der Waals surface area (Å²) in [6.45, 7) is -0.187. The second-order valence-electron chi connectivity index (χ2n) is 6.27. The van der Waals surface area contributed by atoms with Crippen LogP contribution in [-0.4, -0.2) is 116 Å². The molecule has 10 atom stereocenters. The maximum Gasteiger partial charge on any atom is 0.217 e. The molecule has 2 heterocycles. The second kappa shape index (κ2) is 8.84. The van der Waals surface area contributed by atoms with Gasteiger partial charge in [0.15, 0.2) is 12.6 Å². The lowest BCUT2D eigenvalue weighted by molar-refractivity contribution is -0.363. The minimum absolute atomic E-state index is 0.574. The van der Waals surface area contributed by atoms with E-state index in [9.17, 15) is 40.5 Å². The van der Waals surface area contributed by atoms with E-state index in [4.69, 9.17) is 14.2 Å². The number of hydrogen-bond acceptors (Lipinski definition) is 11. The predicted octanol–water partition coefficient (Wildman–Crippen LogP) is -5.25. The maximum absolute atomic E-state index is 11.4. The predicted molar refractivity (Wildman–Crippen MR) is 80.2 cm³/mol. The van der Waals surface area contributed by atoms with Gasteiger partial charge in [0.1, 0.15) is 48.8 Å². The Balaban J connectivity index is 2.18. The van der Waals surface area contributed by atoms with Crippen molar-refractivity contribution in [2.24, 2.45) is 0 Å². The summed E-state index contributed by atoms with van der Waals surface area (Å²) in [4.78, 5) is 11.4. The molecule has 8 N–H and O–H groups in total. The lowest BCUT2D eigenvalue weighted by Crippen LogP contribution is -2.67. The fourth-order valence-corrected chi connectivity index (χ4v) is 2.90. The zero-order valence-electron chi connectivity index (χ0n) is 14.0. The summed E-state index contributed by atoms with van der Waals surface area (Å²) < 4.78 is 15.9. The number of rotatable bonds is 5. The molecule has 0 aromatic heterocycles. The second-order valence-corrected chi connectivity index (χ2v) is 6.27. The molecule has 2 aliphatic rings. The van der Waals surface area contributed by atoms with Gasteiger partial charge < -0.3 is 55.3 Å². The molecule has 0 spiro atoms. The van der Waals surface area contributed by atoms with Crippen molar-refractivity contribution in [1.29, 1.82) is 0 Å². The molecule has 2 fully saturated rings. The standard InChI is InChI=1S/C14H25NO11/c1-4(18)15-7-10(21)8(19)5(2-16)24-13(7)26-14-12(23)11(22)9(20)6(3-17)25-14/h5-14,16-17,19-23H,2-3H2,1H3,(H,15,18)/t5-,6-,7-,8-,9-,10-,11+,12+,13+,14-/m1/s1. The number of amides is 1. The Morgan fingerprint density at radius 2 is 1.35 bits per heavy atom. The number of aliphatic hydroxyl groups is 7. The Labute approximate surface area is 148 Å². The van der Waals surface area contributed by atoms with Gasteiger partial charge in [-0.25, -0.2) is 0 Å². The van der Waals surface area contributed by atoms with Crippen LogP contribution in [0.1, 0.15) is 6.92 Å². The van der Waals surface area contributed by atoms with Gasteiger partial charge in [-0.1, -0.05) is 0 Å². The number of ether oxygens (including phenoxy) is 3. The Bertz CT molecular complexity index is 478. The van der Waals surface area contributed by atoms with Gasteiger partial charge in [0.2, 0.25) is 5.91 Å². The summed E-state index contributed by atoms with van der Waals surface area (Å²) in [6.07, 6.45) is -13.7. The average molecular weight is 383 g/mol. The Hall–Kier alpha value is -0.930. The molecule has 152 valence electrons. The quantitative estimate of drug-likeness (QED) is 0.226. The third kappa shape index (κ3) is 4.31. The summed E-state index contributed by atoms with van der Waals surface area (Å²) in [5, 5.41) is 70.4. The fraction of sp³-hybridized carbons (Fsp3) is 0.929. The highest BCUT2D eigenvalue weighted by Crippen LogP contribution is 2.28. The summed E-state index contributed by atoms with van der Waals surface area (Å²) in [7, 11) is 0. The first-order chi connectivity index (χ1) is 12.2. The molecule has 0 aromatic carbocycles. The fourth-order valence-electron chi connectivity index (χ4n) is 2.90. The Morgan fingerprint density at radius 1 is 0.846 bits per heavy atom. The van der Waals surface area contributed by atoms with E-state index < -0.39 is 80.5 Å². The van der Waals surface area contributed by atoms with Crippen LogP contribution in [-0.2, 0) is 19.0 Å². The van der Waals surface area contributed by atoms with Crippen LogP contribution in [0.2, 0.25) is 0 Å². The van der Waals surface area contributed by atoms with Crippen molar-refractivity contribution in [3.63, 3.8) is 0 Å². The molecule has 0 bridgehead atoms. The lowest BCUT2D eigenvalue weighted by atomic mass is 9.96. The first-order valence-electron chi connectivity index (χ1n) is 8.06. The molecule has 12 heteroatoms. The van der Waals surface area contributed by atoms with Crippen molar-refractivity contribution >= 4 is 5.91 Å². The van der Waals surface area contributed by atoms with Gasteiger partial charge in [-0.2, -0.15) is 0 Å². The zero-order chi connectivity index (χ0) is 19.6. The first kappa shape index (κ1) is 21.4. The number of aliphatic hydroxyl groups excluding tert-OH is 7. The highest BCUT2D eigenvalue weighted by molar-refractivity contribution is 5.73. The van der Waals surface area contributed by atoms with Crippen LogP contribution in [0, 0.1) is 0 Å². The summed E-state index contributed by atoms with van der Waals surface area (Å²) in [5.74, 6) is -0.574. The van der Waals surface area contributed by atoms with Gasteiger partial charge in [-0.15, -0.1) is 0 Å². The number of nitrogens with one attached hydrogen (secondary N) is 1. The molecule has 0 aromatic rings. The van der Waals surface area contributed by atoms with Crippen LogP contribution in [0.3, 0.4) is 0 Å². The third-order valence-corrected chi connectivity index (χ3v) is 4.37. The molecule has 2 rings (SSSR count). The van der Waals surface area contributed by atoms with Crippen LogP contribution >= 0.6 is 0 Å². The Morgan fingerprint density at radius 3 is 1.85 bits per heavy atom. The zero-order valence-corrected chi connectivity index (χ0v) is 14.0. The van der Waals surface area contributed by atoms with Gasteiger partial charge in [0.25, 0.3) is 0 Å². The highest BCUT2D eigenvalue weighted by atomic mass is 16.8. The van der Waals surface area contributed by atoms with E-state index in [0.29, 0.717) is 0 Å². The van der Waals surface area contributed by atoms with Gasteiger partial charge in [0.05, 0.1) is 13.2 Å². The largest absolute Gasteiger partial charge is 0.394 e. The van der Waals surface area contributed by atoms with Crippen molar-refractivity contribution in [1.82, 2.24) is 5.32 Å². The van der Waals surface area contributed by atoms with E-state index >= 15 is 0 Å². The Kier molecular flexibility index (Phi) is 7.27. The minimum atomic E-state index is -1.73. The first-order valence-corrected chi connectivity index (χ1v) is 8.06. The normalized spacial score (nSPS) is 46.8.